The zero-order chi connectivity index (χ0) is 14.8. The van der Waals surface area contributed by atoms with E-state index in [4.69, 9.17) is 5.73 Å². The fourth-order valence-electron chi connectivity index (χ4n) is 1.89. The molecule has 104 valence electrons. The van der Waals surface area contributed by atoms with Crippen LogP contribution in [0.25, 0.3) is 11.1 Å². The van der Waals surface area contributed by atoms with Crippen molar-refractivity contribution in [3.63, 3.8) is 0 Å². The van der Waals surface area contributed by atoms with E-state index in [1.54, 1.807) is 6.08 Å². The van der Waals surface area contributed by atoms with Gasteiger partial charge in [-0.15, -0.1) is 6.58 Å². The molecule has 0 aliphatic rings. The molecule has 2 N–H and O–H groups in total. The Bertz CT molecular complexity index is 583. The Labute approximate surface area is 115 Å². The van der Waals surface area contributed by atoms with Crippen molar-refractivity contribution >= 4 is 0 Å². The SMILES string of the molecule is C=C[C@H](N)c1ccc(-c2ccc(C(F)(F)F)cc2)cc1. The third-order valence-electron chi connectivity index (χ3n) is 3.10. The van der Waals surface area contributed by atoms with Gasteiger partial charge in [0.15, 0.2) is 0 Å². The lowest BCUT2D eigenvalue weighted by atomic mass is 10.00. The largest absolute Gasteiger partial charge is 0.416 e. The summed E-state index contributed by atoms with van der Waals surface area (Å²) >= 11 is 0. The number of hydrogen-bond donors (Lipinski definition) is 1. The molecular formula is C16H14F3N. The van der Waals surface area contributed by atoms with Gasteiger partial charge in [-0.3, -0.25) is 0 Å². The Hall–Kier alpha value is -2.07. The Morgan fingerprint density at radius 1 is 0.900 bits per heavy atom. The normalized spacial score (nSPS) is 13.0. The minimum Gasteiger partial charge on any atom is -0.321 e. The van der Waals surface area contributed by atoms with Gasteiger partial charge in [-0.2, -0.15) is 13.2 Å². The number of rotatable bonds is 3. The average Bonchev–Trinajstić information content (AvgIpc) is 2.46. The van der Waals surface area contributed by atoms with E-state index in [2.05, 4.69) is 6.58 Å². The summed E-state index contributed by atoms with van der Waals surface area (Å²) in [5.74, 6) is 0. The van der Waals surface area contributed by atoms with Crippen LogP contribution in [-0.2, 0) is 6.18 Å². The van der Waals surface area contributed by atoms with Crippen LogP contribution in [0.2, 0.25) is 0 Å². The highest BCUT2D eigenvalue weighted by molar-refractivity contribution is 5.64. The zero-order valence-electron chi connectivity index (χ0n) is 10.7. The molecule has 0 unspecified atom stereocenters. The fraction of sp³-hybridized carbons (Fsp3) is 0.125. The lowest BCUT2D eigenvalue weighted by Crippen LogP contribution is -2.06. The first-order chi connectivity index (χ1) is 9.41. The first-order valence-electron chi connectivity index (χ1n) is 6.07. The molecule has 20 heavy (non-hydrogen) atoms. The summed E-state index contributed by atoms with van der Waals surface area (Å²) in [6.45, 7) is 3.62. The second-order valence-electron chi connectivity index (χ2n) is 4.46. The van der Waals surface area contributed by atoms with Crippen molar-refractivity contribution in [2.24, 2.45) is 5.73 Å². The maximum atomic E-state index is 12.5. The predicted molar refractivity (Wildman–Crippen MR) is 74.0 cm³/mol. The van der Waals surface area contributed by atoms with Gasteiger partial charge < -0.3 is 5.73 Å². The summed E-state index contributed by atoms with van der Waals surface area (Å²) in [4.78, 5) is 0. The molecule has 2 rings (SSSR count). The molecule has 0 amide bonds. The van der Waals surface area contributed by atoms with Gasteiger partial charge in [-0.25, -0.2) is 0 Å². The standard InChI is InChI=1S/C16H14F3N/c1-2-15(20)13-5-3-11(4-6-13)12-7-9-14(10-8-12)16(17,18)19/h2-10,15H,1,20H2/t15-/m0/s1. The van der Waals surface area contributed by atoms with Crippen molar-refractivity contribution in [2.75, 3.05) is 0 Å². The maximum Gasteiger partial charge on any atom is 0.416 e. The summed E-state index contributed by atoms with van der Waals surface area (Å²) in [5.41, 5.74) is 7.65. The van der Waals surface area contributed by atoms with Crippen LogP contribution in [0, 0.1) is 0 Å². The van der Waals surface area contributed by atoms with Crippen molar-refractivity contribution < 1.29 is 13.2 Å². The van der Waals surface area contributed by atoms with Crippen LogP contribution in [-0.4, -0.2) is 0 Å². The van der Waals surface area contributed by atoms with Crippen LogP contribution >= 0.6 is 0 Å². The molecule has 0 saturated heterocycles. The van der Waals surface area contributed by atoms with E-state index < -0.39 is 11.7 Å². The van der Waals surface area contributed by atoms with E-state index in [-0.39, 0.29) is 6.04 Å². The molecule has 0 saturated carbocycles. The summed E-state index contributed by atoms with van der Waals surface area (Å²) in [6, 6.07) is 12.2. The summed E-state index contributed by atoms with van der Waals surface area (Å²) < 4.78 is 37.4. The first-order valence-corrected chi connectivity index (χ1v) is 6.07. The van der Waals surface area contributed by atoms with Crippen LogP contribution in [0.3, 0.4) is 0 Å². The fourth-order valence-corrected chi connectivity index (χ4v) is 1.89. The van der Waals surface area contributed by atoms with Gasteiger partial charge in [-0.05, 0) is 28.8 Å². The van der Waals surface area contributed by atoms with Crippen LogP contribution < -0.4 is 5.73 Å². The highest BCUT2D eigenvalue weighted by Crippen LogP contribution is 2.31. The molecule has 1 nitrogen and oxygen atoms in total. The number of alkyl halides is 3. The second kappa shape index (κ2) is 5.51. The van der Waals surface area contributed by atoms with E-state index >= 15 is 0 Å². The molecule has 0 fully saturated rings. The molecular weight excluding hydrogens is 263 g/mol. The number of benzene rings is 2. The lowest BCUT2D eigenvalue weighted by molar-refractivity contribution is -0.137. The predicted octanol–water partition coefficient (Wildman–Crippen LogP) is 4.56. The van der Waals surface area contributed by atoms with Crippen LogP contribution in [0.4, 0.5) is 13.2 Å². The number of halogens is 3. The van der Waals surface area contributed by atoms with Crippen molar-refractivity contribution in [3.8, 4) is 11.1 Å². The summed E-state index contributed by atoms with van der Waals surface area (Å²) in [6.07, 6.45) is -2.67. The van der Waals surface area contributed by atoms with Crippen molar-refractivity contribution in [3.05, 3.63) is 72.3 Å². The molecule has 0 spiro atoms. The highest BCUT2D eigenvalue weighted by atomic mass is 19.4. The molecule has 0 aromatic heterocycles. The van der Waals surface area contributed by atoms with E-state index in [0.717, 1.165) is 28.8 Å². The second-order valence-corrected chi connectivity index (χ2v) is 4.46. The van der Waals surface area contributed by atoms with E-state index in [1.165, 1.54) is 12.1 Å². The molecule has 0 aliphatic heterocycles. The van der Waals surface area contributed by atoms with Crippen LogP contribution in [0.5, 0.6) is 0 Å². The van der Waals surface area contributed by atoms with Gasteiger partial charge in [0.05, 0.1) is 5.56 Å². The van der Waals surface area contributed by atoms with Crippen LogP contribution in [0.15, 0.2) is 61.2 Å². The van der Waals surface area contributed by atoms with Gasteiger partial charge in [0.25, 0.3) is 0 Å². The molecule has 0 bridgehead atoms. The van der Waals surface area contributed by atoms with Gasteiger partial charge in [0, 0.05) is 6.04 Å². The number of nitrogens with two attached hydrogens (primary N) is 1. The Morgan fingerprint density at radius 2 is 1.35 bits per heavy atom. The Kier molecular flexibility index (Phi) is 3.95. The molecule has 2 aromatic carbocycles. The van der Waals surface area contributed by atoms with Crippen LogP contribution in [0.1, 0.15) is 17.2 Å². The van der Waals surface area contributed by atoms with Gasteiger partial charge in [-0.1, -0.05) is 42.5 Å². The average molecular weight is 277 g/mol. The third kappa shape index (κ3) is 3.08. The van der Waals surface area contributed by atoms with Gasteiger partial charge >= 0.3 is 6.18 Å². The number of hydrogen-bond acceptors (Lipinski definition) is 1. The summed E-state index contributed by atoms with van der Waals surface area (Å²) in [7, 11) is 0. The Balaban J connectivity index is 2.26. The highest BCUT2D eigenvalue weighted by Gasteiger charge is 2.29. The molecule has 0 aliphatic carbocycles. The van der Waals surface area contributed by atoms with Crippen molar-refractivity contribution in [1.29, 1.82) is 0 Å². The smallest absolute Gasteiger partial charge is 0.321 e. The Morgan fingerprint density at radius 3 is 1.75 bits per heavy atom. The van der Waals surface area contributed by atoms with Gasteiger partial charge in [0.2, 0.25) is 0 Å². The third-order valence-corrected chi connectivity index (χ3v) is 3.10. The quantitative estimate of drug-likeness (QED) is 0.818. The van der Waals surface area contributed by atoms with E-state index in [1.807, 2.05) is 24.3 Å². The van der Waals surface area contributed by atoms with Gasteiger partial charge in [0.1, 0.15) is 0 Å². The van der Waals surface area contributed by atoms with E-state index in [0.29, 0.717) is 0 Å². The summed E-state index contributed by atoms with van der Waals surface area (Å²) in [5, 5.41) is 0. The minimum absolute atomic E-state index is 0.239. The first kappa shape index (κ1) is 14.3. The minimum atomic E-state index is -4.31. The topological polar surface area (TPSA) is 26.0 Å². The molecule has 1 atom stereocenters. The maximum absolute atomic E-state index is 12.5. The molecule has 0 radical (unpaired) electrons. The molecule has 2 aromatic rings. The monoisotopic (exact) mass is 277 g/mol. The van der Waals surface area contributed by atoms with Crippen molar-refractivity contribution in [2.45, 2.75) is 12.2 Å². The lowest BCUT2D eigenvalue weighted by Gasteiger charge is -2.10. The molecule has 4 heteroatoms. The van der Waals surface area contributed by atoms with E-state index in [9.17, 15) is 13.2 Å². The zero-order valence-corrected chi connectivity index (χ0v) is 10.7. The van der Waals surface area contributed by atoms with Crippen molar-refractivity contribution in [1.82, 2.24) is 0 Å². The molecule has 0 heterocycles.